The summed E-state index contributed by atoms with van der Waals surface area (Å²) in [6, 6.07) is 3.39. The Balaban J connectivity index is 1.63. The standard InChI is InChI=1S/C12H20N2O/c1-9(6-14-12-3-4-12)13-7-11-5-10(2)15-8-11/h5,8-9,12-14H,3-4,6-7H2,1-2H3. The molecule has 3 nitrogen and oxygen atoms in total. The van der Waals surface area contributed by atoms with E-state index < -0.39 is 0 Å². The van der Waals surface area contributed by atoms with Crippen molar-refractivity contribution in [1.82, 2.24) is 10.6 Å². The van der Waals surface area contributed by atoms with Crippen LogP contribution in [-0.2, 0) is 6.54 Å². The summed E-state index contributed by atoms with van der Waals surface area (Å²) in [7, 11) is 0. The molecule has 1 heterocycles. The molecule has 1 aliphatic rings. The molecule has 0 aliphatic heterocycles. The van der Waals surface area contributed by atoms with Gasteiger partial charge in [-0.3, -0.25) is 0 Å². The lowest BCUT2D eigenvalue weighted by molar-refractivity contribution is 0.494. The summed E-state index contributed by atoms with van der Waals surface area (Å²) in [4.78, 5) is 0. The SMILES string of the molecule is Cc1cc(CNC(C)CNC2CC2)co1. The molecule has 2 N–H and O–H groups in total. The highest BCUT2D eigenvalue weighted by Gasteiger charge is 2.20. The average molecular weight is 208 g/mol. The van der Waals surface area contributed by atoms with Gasteiger partial charge in [-0.05, 0) is 32.8 Å². The third-order valence-corrected chi connectivity index (χ3v) is 2.73. The molecule has 0 radical (unpaired) electrons. The predicted molar refractivity (Wildman–Crippen MR) is 60.8 cm³/mol. The van der Waals surface area contributed by atoms with E-state index in [0.717, 1.165) is 24.9 Å². The van der Waals surface area contributed by atoms with E-state index in [1.54, 1.807) is 0 Å². The van der Waals surface area contributed by atoms with Crippen molar-refractivity contribution >= 4 is 0 Å². The monoisotopic (exact) mass is 208 g/mol. The van der Waals surface area contributed by atoms with Gasteiger partial charge in [0.2, 0.25) is 0 Å². The van der Waals surface area contributed by atoms with Gasteiger partial charge < -0.3 is 15.1 Å². The van der Waals surface area contributed by atoms with E-state index in [1.807, 2.05) is 13.2 Å². The van der Waals surface area contributed by atoms with Gasteiger partial charge in [-0.2, -0.15) is 0 Å². The first kappa shape index (κ1) is 10.7. The minimum absolute atomic E-state index is 0.515. The van der Waals surface area contributed by atoms with Crippen LogP contribution in [0.25, 0.3) is 0 Å². The quantitative estimate of drug-likeness (QED) is 0.748. The average Bonchev–Trinajstić information content (AvgIpc) is 2.95. The summed E-state index contributed by atoms with van der Waals surface area (Å²) in [5.41, 5.74) is 1.23. The molecule has 1 saturated carbocycles. The van der Waals surface area contributed by atoms with Gasteiger partial charge in [0.25, 0.3) is 0 Å². The fraction of sp³-hybridized carbons (Fsp3) is 0.667. The van der Waals surface area contributed by atoms with Gasteiger partial charge in [0.1, 0.15) is 5.76 Å². The second-order valence-electron chi connectivity index (χ2n) is 4.53. The Morgan fingerprint density at radius 3 is 2.93 bits per heavy atom. The molecule has 0 amide bonds. The molecule has 1 atom stereocenters. The summed E-state index contributed by atoms with van der Waals surface area (Å²) >= 11 is 0. The maximum atomic E-state index is 5.25. The van der Waals surface area contributed by atoms with Crippen LogP contribution in [-0.4, -0.2) is 18.6 Å². The number of aryl methyl sites for hydroxylation is 1. The van der Waals surface area contributed by atoms with E-state index in [-0.39, 0.29) is 0 Å². The van der Waals surface area contributed by atoms with Crippen molar-refractivity contribution in [3.05, 3.63) is 23.7 Å². The molecule has 2 rings (SSSR count). The molecule has 0 spiro atoms. The highest BCUT2D eigenvalue weighted by Crippen LogP contribution is 2.18. The van der Waals surface area contributed by atoms with Crippen LogP contribution in [0.1, 0.15) is 31.1 Å². The fourth-order valence-electron chi connectivity index (χ4n) is 1.59. The van der Waals surface area contributed by atoms with Gasteiger partial charge in [0.05, 0.1) is 6.26 Å². The second kappa shape index (κ2) is 4.81. The second-order valence-corrected chi connectivity index (χ2v) is 4.53. The first-order valence-corrected chi connectivity index (χ1v) is 5.75. The van der Waals surface area contributed by atoms with Gasteiger partial charge in [-0.1, -0.05) is 0 Å². The van der Waals surface area contributed by atoms with Crippen molar-refractivity contribution in [3.8, 4) is 0 Å². The third-order valence-electron chi connectivity index (χ3n) is 2.73. The maximum Gasteiger partial charge on any atom is 0.101 e. The van der Waals surface area contributed by atoms with Crippen molar-refractivity contribution in [1.29, 1.82) is 0 Å². The highest BCUT2D eigenvalue weighted by atomic mass is 16.3. The van der Waals surface area contributed by atoms with E-state index in [0.29, 0.717) is 6.04 Å². The van der Waals surface area contributed by atoms with Crippen LogP contribution in [0.4, 0.5) is 0 Å². The molecule has 0 saturated heterocycles. The predicted octanol–water partition coefficient (Wildman–Crippen LogP) is 1.82. The Morgan fingerprint density at radius 2 is 2.33 bits per heavy atom. The third kappa shape index (κ3) is 3.68. The number of hydrogen-bond acceptors (Lipinski definition) is 3. The van der Waals surface area contributed by atoms with Gasteiger partial charge in [0.15, 0.2) is 0 Å². The molecule has 84 valence electrons. The lowest BCUT2D eigenvalue weighted by atomic mass is 10.2. The van der Waals surface area contributed by atoms with E-state index in [2.05, 4.69) is 23.6 Å². The Bertz CT molecular complexity index is 304. The molecular formula is C12H20N2O. The van der Waals surface area contributed by atoms with Crippen LogP contribution in [0.3, 0.4) is 0 Å². The normalized spacial score (nSPS) is 18.0. The zero-order valence-corrected chi connectivity index (χ0v) is 9.55. The van der Waals surface area contributed by atoms with Crippen LogP contribution in [0.15, 0.2) is 16.7 Å². The molecule has 1 aliphatic carbocycles. The van der Waals surface area contributed by atoms with Crippen molar-refractivity contribution in [2.24, 2.45) is 0 Å². The summed E-state index contributed by atoms with van der Waals surface area (Å²) in [5.74, 6) is 0.982. The molecular weight excluding hydrogens is 188 g/mol. The van der Waals surface area contributed by atoms with Crippen molar-refractivity contribution in [2.75, 3.05) is 6.54 Å². The van der Waals surface area contributed by atoms with Crippen LogP contribution in [0.2, 0.25) is 0 Å². The van der Waals surface area contributed by atoms with Crippen LogP contribution in [0, 0.1) is 6.92 Å². The van der Waals surface area contributed by atoms with E-state index in [9.17, 15) is 0 Å². The van der Waals surface area contributed by atoms with Crippen molar-refractivity contribution < 1.29 is 4.42 Å². The first-order valence-electron chi connectivity index (χ1n) is 5.75. The van der Waals surface area contributed by atoms with E-state index in [4.69, 9.17) is 4.42 Å². The van der Waals surface area contributed by atoms with Gasteiger partial charge in [0, 0.05) is 30.7 Å². The minimum Gasteiger partial charge on any atom is -0.469 e. The number of hydrogen-bond donors (Lipinski definition) is 2. The lowest BCUT2D eigenvalue weighted by Crippen LogP contribution is -2.36. The molecule has 0 aromatic carbocycles. The highest BCUT2D eigenvalue weighted by molar-refractivity contribution is 5.11. The Hall–Kier alpha value is -0.800. The maximum absolute atomic E-state index is 5.25. The van der Waals surface area contributed by atoms with Gasteiger partial charge in [-0.25, -0.2) is 0 Å². The van der Waals surface area contributed by atoms with Gasteiger partial charge >= 0.3 is 0 Å². The van der Waals surface area contributed by atoms with Crippen LogP contribution < -0.4 is 10.6 Å². The van der Waals surface area contributed by atoms with Crippen LogP contribution in [0.5, 0.6) is 0 Å². The number of rotatable bonds is 6. The van der Waals surface area contributed by atoms with Crippen molar-refractivity contribution in [3.63, 3.8) is 0 Å². The minimum atomic E-state index is 0.515. The van der Waals surface area contributed by atoms with E-state index in [1.165, 1.54) is 18.4 Å². The van der Waals surface area contributed by atoms with Crippen molar-refractivity contribution in [2.45, 2.75) is 45.3 Å². The zero-order valence-electron chi connectivity index (χ0n) is 9.55. The molecule has 1 unspecified atom stereocenters. The molecule has 1 aromatic rings. The van der Waals surface area contributed by atoms with Gasteiger partial charge in [-0.15, -0.1) is 0 Å². The topological polar surface area (TPSA) is 37.2 Å². The smallest absolute Gasteiger partial charge is 0.101 e. The molecule has 3 heteroatoms. The summed E-state index contributed by atoms with van der Waals surface area (Å²) in [6.45, 7) is 6.14. The number of nitrogens with one attached hydrogen (secondary N) is 2. The Labute approximate surface area is 91.2 Å². The van der Waals surface area contributed by atoms with Crippen LogP contribution >= 0.6 is 0 Å². The summed E-state index contributed by atoms with van der Waals surface area (Å²) in [5, 5.41) is 6.98. The molecule has 0 bridgehead atoms. The summed E-state index contributed by atoms with van der Waals surface area (Å²) < 4.78 is 5.25. The first-order chi connectivity index (χ1) is 7.24. The Kier molecular flexibility index (Phi) is 3.44. The Morgan fingerprint density at radius 1 is 1.53 bits per heavy atom. The van der Waals surface area contributed by atoms with E-state index >= 15 is 0 Å². The number of furan rings is 1. The molecule has 1 aromatic heterocycles. The lowest BCUT2D eigenvalue weighted by Gasteiger charge is -2.13. The largest absolute Gasteiger partial charge is 0.469 e. The molecule has 1 fully saturated rings. The molecule has 15 heavy (non-hydrogen) atoms. The fourth-order valence-corrected chi connectivity index (χ4v) is 1.59. The summed E-state index contributed by atoms with van der Waals surface area (Å²) in [6.07, 6.45) is 4.53. The zero-order chi connectivity index (χ0) is 10.7.